The molecule has 1 atom stereocenters. The van der Waals surface area contributed by atoms with Crippen LogP contribution in [0.2, 0.25) is 0 Å². The molecule has 5 nitrogen and oxygen atoms in total. The Balaban J connectivity index is 2.19. The number of aliphatic hydroxyl groups excluding tert-OH is 1. The fraction of sp³-hybridized carbons (Fsp3) is 0.533. The molecule has 1 unspecified atom stereocenters. The molecular formula is C15H22FNO4. The normalized spacial score (nSPS) is 12.0. The van der Waals surface area contributed by atoms with Gasteiger partial charge in [0.15, 0.2) is 0 Å². The van der Waals surface area contributed by atoms with Gasteiger partial charge in [0, 0.05) is 27.1 Å². The number of amides is 1. The molecule has 0 aliphatic rings. The van der Waals surface area contributed by atoms with Crippen molar-refractivity contribution in [3.8, 4) is 5.75 Å². The second kappa shape index (κ2) is 9.31. The minimum Gasteiger partial charge on any atom is -0.494 e. The highest BCUT2D eigenvalue weighted by atomic mass is 19.1. The van der Waals surface area contributed by atoms with Crippen LogP contribution in [-0.4, -0.2) is 55.9 Å². The van der Waals surface area contributed by atoms with E-state index in [2.05, 4.69) is 0 Å². The van der Waals surface area contributed by atoms with Crippen LogP contribution in [-0.2, 0) is 9.53 Å². The second-order valence-electron chi connectivity index (χ2n) is 4.79. The van der Waals surface area contributed by atoms with Crippen molar-refractivity contribution < 1.29 is 23.8 Å². The summed E-state index contributed by atoms with van der Waals surface area (Å²) < 4.78 is 22.9. The third-order valence-corrected chi connectivity index (χ3v) is 2.89. The minimum absolute atomic E-state index is 0.0622. The third-order valence-electron chi connectivity index (χ3n) is 2.89. The van der Waals surface area contributed by atoms with E-state index in [9.17, 15) is 14.3 Å². The number of hydrogen-bond donors (Lipinski definition) is 1. The van der Waals surface area contributed by atoms with E-state index >= 15 is 0 Å². The van der Waals surface area contributed by atoms with E-state index in [0.29, 0.717) is 25.2 Å². The van der Waals surface area contributed by atoms with Crippen LogP contribution >= 0.6 is 0 Å². The molecule has 0 spiro atoms. The number of nitrogens with zero attached hydrogens (tertiary/aromatic N) is 1. The van der Waals surface area contributed by atoms with Crippen molar-refractivity contribution in [2.75, 3.05) is 33.9 Å². The van der Waals surface area contributed by atoms with E-state index in [4.69, 9.17) is 9.47 Å². The highest BCUT2D eigenvalue weighted by molar-refractivity contribution is 5.75. The van der Waals surface area contributed by atoms with Crippen molar-refractivity contribution in [2.45, 2.75) is 18.9 Å². The maximum atomic E-state index is 12.7. The summed E-state index contributed by atoms with van der Waals surface area (Å²) in [5.41, 5.74) is 0. The SMILES string of the molecule is COCC(O)CN(C)C(=O)CCCOc1ccc(F)cc1. The molecule has 118 valence electrons. The van der Waals surface area contributed by atoms with Crippen molar-refractivity contribution in [3.05, 3.63) is 30.1 Å². The summed E-state index contributed by atoms with van der Waals surface area (Å²) in [5.74, 6) is 0.203. The van der Waals surface area contributed by atoms with Crippen LogP contribution < -0.4 is 4.74 Å². The molecule has 0 aliphatic carbocycles. The first-order valence-corrected chi connectivity index (χ1v) is 6.82. The number of benzene rings is 1. The average Bonchev–Trinajstić information content (AvgIpc) is 2.45. The predicted molar refractivity (Wildman–Crippen MR) is 76.6 cm³/mol. The summed E-state index contributed by atoms with van der Waals surface area (Å²) in [6, 6.07) is 5.74. The predicted octanol–water partition coefficient (Wildman–Crippen LogP) is 1.45. The molecule has 0 radical (unpaired) electrons. The molecule has 0 saturated carbocycles. The Labute approximate surface area is 124 Å². The van der Waals surface area contributed by atoms with Crippen molar-refractivity contribution in [2.24, 2.45) is 0 Å². The Morgan fingerprint density at radius 1 is 1.38 bits per heavy atom. The van der Waals surface area contributed by atoms with Gasteiger partial charge in [-0.05, 0) is 30.7 Å². The molecule has 1 N–H and O–H groups in total. The van der Waals surface area contributed by atoms with Crippen LogP contribution in [0.5, 0.6) is 5.75 Å². The van der Waals surface area contributed by atoms with E-state index in [1.807, 2.05) is 0 Å². The quantitative estimate of drug-likeness (QED) is 0.701. The molecular weight excluding hydrogens is 277 g/mol. The molecule has 1 aromatic carbocycles. The lowest BCUT2D eigenvalue weighted by molar-refractivity contribution is -0.131. The van der Waals surface area contributed by atoms with Gasteiger partial charge < -0.3 is 19.5 Å². The standard InChI is InChI=1S/C15H22FNO4/c1-17(10-13(18)11-20-2)15(19)4-3-9-21-14-7-5-12(16)6-8-14/h5-8,13,18H,3-4,9-11H2,1-2H3. The smallest absolute Gasteiger partial charge is 0.222 e. The summed E-state index contributed by atoms with van der Waals surface area (Å²) in [5, 5.41) is 9.54. The number of hydrogen-bond acceptors (Lipinski definition) is 4. The molecule has 21 heavy (non-hydrogen) atoms. The summed E-state index contributed by atoms with van der Waals surface area (Å²) in [6.45, 7) is 0.822. The Morgan fingerprint density at radius 3 is 2.67 bits per heavy atom. The lowest BCUT2D eigenvalue weighted by Crippen LogP contribution is -2.36. The van der Waals surface area contributed by atoms with Crippen molar-refractivity contribution in [3.63, 3.8) is 0 Å². The largest absolute Gasteiger partial charge is 0.494 e. The van der Waals surface area contributed by atoms with Crippen LogP contribution in [0, 0.1) is 5.82 Å². The first kappa shape index (κ1) is 17.4. The van der Waals surface area contributed by atoms with E-state index in [1.54, 1.807) is 19.2 Å². The first-order chi connectivity index (χ1) is 10.0. The Morgan fingerprint density at radius 2 is 2.05 bits per heavy atom. The minimum atomic E-state index is -0.681. The maximum Gasteiger partial charge on any atom is 0.222 e. The van der Waals surface area contributed by atoms with E-state index in [0.717, 1.165) is 0 Å². The summed E-state index contributed by atoms with van der Waals surface area (Å²) in [7, 11) is 3.14. The fourth-order valence-electron chi connectivity index (χ4n) is 1.80. The molecule has 0 heterocycles. The van der Waals surface area contributed by atoms with Crippen LogP contribution in [0.25, 0.3) is 0 Å². The summed E-state index contributed by atoms with van der Waals surface area (Å²) in [4.78, 5) is 13.3. The molecule has 1 amide bonds. The van der Waals surface area contributed by atoms with Crippen molar-refractivity contribution in [1.82, 2.24) is 4.90 Å². The molecule has 0 aliphatic heterocycles. The lowest BCUT2D eigenvalue weighted by atomic mass is 10.2. The number of ether oxygens (including phenoxy) is 2. The Bertz CT molecular complexity index is 424. The van der Waals surface area contributed by atoms with Gasteiger partial charge in [-0.2, -0.15) is 0 Å². The number of carbonyl (C=O) groups is 1. The van der Waals surface area contributed by atoms with Crippen LogP contribution in [0.3, 0.4) is 0 Å². The van der Waals surface area contributed by atoms with Gasteiger partial charge in [-0.15, -0.1) is 0 Å². The number of halogens is 1. The van der Waals surface area contributed by atoms with Gasteiger partial charge in [0.1, 0.15) is 11.6 Å². The van der Waals surface area contributed by atoms with Crippen LogP contribution in [0.1, 0.15) is 12.8 Å². The van der Waals surface area contributed by atoms with Crippen LogP contribution in [0.4, 0.5) is 4.39 Å². The van der Waals surface area contributed by atoms with Gasteiger partial charge in [-0.1, -0.05) is 0 Å². The highest BCUT2D eigenvalue weighted by Crippen LogP contribution is 2.11. The van der Waals surface area contributed by atoms with E-state index in [-0.39, 0.29) is 24.9 Å². The monoisotopic (exact) mass is 299 g/mol. The molecule has 0 bridgehead atoms. The van der Waals surface area contributed by atoms with Crippen molar-refractivity contribution >= 4 is 5.91 Å². The van der Waals surface area contributed by atoms with E-state index < -0.39 is 6.10 Å². The Kier molecular flexibility index (Phi) is 7.71. The van der Waals surface area contributed by atoms with Crippen molar-refractivity contribution in [1.29, 1.82) is 0 Å². The molecule has 1 rings (SSSR count). The molecule has 0 fully saturated rings. The average molecular weight is 299 g/mol. The van der Waals surface area contributed by atoms with E-state index in [1.165, 1.54) is 24.1 Å². The summed E-state index contributed by atoms with van der Waals surface area (Å²) in [6.07, 6.45) is 0.206. The third kappa shape index (κ3) is 7.06. The zero-order valence-corrected chi connectivity index (χ0v) is 12.4. The second-order valence-corrected chi connectivity index (χ2v) is 4.79. The molecule has 6 heteroatoms. The van der Waals surface area contributed by atoms with Gasteiger partial charge in [0.25, 0.3) is 0 Å². The topological polar surface area (TPSA) is 59.0 Å². The number of likely N-dealkylation sites (N-methyl/N-ethyl adjacent to an activating group) is 1. The number of aliphatic hydroxyl groups is 1. The lowest BCUT2D eigenvalue weighted by Gasteiger charge is -2.20. The van der Waals surface area contributed by atoms with Gasteiger partial charge in [0.05, 0.1) is 19.3 Å². The number of carbonyl (C=O) groups excluding carboxylic acids is 1. The van der Waals surface area contributed by atoms with Gasteiger partial charge in [0.2, 0.25) is 5.91 Å². The number of rotatable bonds is 9. The first-order valence-electron chi connectivity index (χ1n) is 6.82. The van der Waals surface area contributed by atoms with Gasteiger partial charge in [-0.3, -0.25) is 4.79 Å². The zero-order chi connectivity index (χ0) is 15.7. The summed E-state index contributed by atoms with van der Waals surface area (Å²) >= 11 is 0. The Hall–Kier alpha value is -1.66. The van der Waals surface area contributed by atoms with Gasteiger partial charge >= 0.3 is 0 Å². The van der Waals surface area contributed by atoms with Crippen LogP contribution in [0.15, 0.2) is 24.3 Å². The maximum absolute atomic E-state index is 12.7. The zero-order valence-electron chi connectivity index (χ0n) is 12.4. The molecule has 0 aromatic heterocycles. The molecule has 0 saturated heterocycles. The highest BCUT2D eigenvalue weighted by Gasteiger charge is 2.13. The van der Waals surface area contributed by atoms with Gasteiger partial charge in [-0.25, -0.2) is 4.39 Å². The number of methoxy groups -OCH3 is 1. The molecule has 1 aromatic rings. The fourth-order valence-corrected chi connectivity index (χ4v) is 1.80.